The Bertz CT molecular complexity index is 814. The van der Waals surface area contributed by atoms with E-state index < -0.39 is 0 Å². The number of nitrogens with zero attached hydrogens (tertiary/aromatic N) is 1. The van der Waals surface area contributed by atoms with Crippen LogP contribution in [0.2, 0.25) is 5.02 Å². The van der Waals surface area contributed by atoms with Crippen molar-refractivity contribution in [1.82, 2.24) is 4.98 Å². The second kappa shape index (κ2) is 6.46. The molecule has 1 heterocycles. The van der Waals surface area contributed by atoms with E-state index in [1.807, 2.05) is 49.4 Å². The Morgan fingerprint density at radius 2 is 2.05 bits per heavy atom. The third-order valence-electron chi connectivity index (χ3n) is 3.38. The summed E-state index contributed by atoms with van der Waals surface area (Å²) in [6.07, 6.45) is 1.17. The second-order valence-electron chi connectivity index (χ2n) is 5.12. The molecule has 0 aliphatic heterocycles. The van der Waals surface area contributed by atoms with Crippen LogP contribution < -0.4 is 5.32 Å². The molecular weight excluding hydrogens is 316 g/mol. The Morgan fingerprint density at radius 1 is 1.27 bits per heavy atom. The van der Waals surface area contributed by atoms with Crippen LogP contribution in [0.5, 0.6) is 0 Å². The predicted octanol–water partition coefficient (Wildman–Crippen LogP) is 4.83. The number of fused-ring (bicyclic) bond motifs is 1. The number of rotatable bonds is 4. The average molecular weight is 331 g/mol. The zero-order valence-corrected chi connectivity index (χ0v) is 13.7. The minimum absolute atomic E-state index is 0.0216. The fourth-order valence-electron chi connectivity index (χ4n) is 2.29. The molecule has 112 valence electrons. The van der Waals surface area contributed by atoms with E-state index in [-0.39, 0.29) is 5.91 Å². The number of carbonyl (C=O) groups excluding carboxylic acids is 1. The number of aryl methyl sites for hydroxylation is 2. The standard InChI is InChI=1S/C17H15ClN2OS/c1-11-9-13(18)10-14-16(11)20-17(22-14)19-15(21)8-7-12-5-3-2-4-6-12/h2-6,9-10H,7-8H2,1H3,(H,19,20,21). The van der Waals surface area contributed by atoms with Crippen LogP contribution >= 0.6 is 22.9 Å². The summed E-state index contributed by atoms with van der Waals surface area (Å²) < 4.78 is 0.989. The number of nitrogens with one attached hydrogen (secondary N) is 1. The normalized spacial score (nSPS) is 10.8. The van der Waals surface area contributed by atoms with Crippen LogP contribution in [0.1, 0.15) is 17.5 Å². The Labute approximate surface area is 138 Å². The van der Waals surface area contributed by atoms with Crippen molar-refractivity contribution in [2.24, 2.45) is 0 Å². The van der Waals surface area contributed by atoms with Crippen molar-refractivity contribution in [2.45, 2.75) is 19.8 Å². The van der Waals surface area contributed by atoms with E-state index in [1.54, 1.807) is 0 Å². The van der Waals surface area contributed by atoms with Gasteiger partial charge in [0, 0.05) is 11.4 Å². The van der Waals surface area contributed by atoms with Gasteiger partial charge in [0.1, 0.15) is 0 Å². The van der Waals surface area contributed by atoms with Crippen LogP contribution in [0.3, 0.4) is 0 Å². The average Bonchev–Trinajstić information content (AvgIpc) is 2.89. The molecule has 0 fully saturated rings. The first-order valence-corrected chi connectivity index (χ1v) is 8.22. The fraction of sp³-hybridized carbons (Fsp3) is 0.176. The van der Waals surface area contributed by atoms with Gasteiger partial charge in [-0.2, -0.15) is 0 Å². The number of hydrogen-bond acceptors (Lipinski definition) is 3. The number of amides is 1. The third kappa shape index (κ3) is 3.46. The molecule has 0 aliphatic rings. The molecule has 3 nitrogen and oxygen atoms in total. The largest absolute Gasteiger partial charge is 0.302 e. The van der Waals surface area contributed by atoms with Crippen molar-refractivity contribution in [2.75, 3.05) is 5.32 Å². The van der Waals surface area contributed by atoms with Crippen LogP contribution in [0.4, 0.5) is 5.13 Å². The molecule has 5 heteroatoms. The highest BCUT2D eigenvalue weighted by molar-refractivity contribution is 7.22. The molecular formula is C17H15ClN2OS. The van der Waals surface area contributed by atoms with Crippen LogP contribution in [0, 0.1) is 6.92 Å². The first-order valence-electron chi connectivity index (χ1n) is 7.02. The molecule has 0 saturated carbocycles. The van der Waals surface area contributed by atoms with Crippen LogP contribution in [-0.4, -0.2) is 10.9 Å². The monoisotopic (exact) mass is 330 g/mol. The highest BCUT2D eigenvalue weighted by atomic mass is 35.5. The third-order valence-corrected chi connectivity index (χ3v) is 4.52. The molecule has 0 bridgehead atoms. The molecule has 0 unspecified atom stereocenters. The molecule has 22 heavy (non-hydrogen) atoms. The lowest BCUT2D eigenvalue weighted by molar-refractivity contribution is -0.116. The quantitative estimate of drug-likeness (QED) is 0.744. The summed E-state index contributed by atoms with van der Waals surface area (Å²) in [4.78, 5) is 16.5. The van der Waals surface area contributed by atoms with Gasteiger partial charge in [-0.25, -0.2) is 4.98 Å². The predicted molar refractivity (Wildman–Crippen MR) is 92.8 cm³/mol. The molecule has 1 amide bonds. The lowest BCUT2D eigenvalue weighted by Crippen LogP contribution is -2.12. The summed E-state index contributed by atoms with van der Waals surface area (Å²) in [5.74, 6) is -0.0216. The van der Waals surface area contributed by atoms with E-state index in [9.17, 15) is 4.79 Å². The number of halogens is 1. The van der Waals surface area contributed by atoms with Crippen LogP contribution in [0.25, 0.3) is 10.2 Å². The highest BCUT2D eigenvalue weighted by Crippen LogP contribution is 2.31. The van der Waals surface area contributed by atoms with Crippen molar-refractivity contribution >= 4 is 44.2 Å². The number of thiazole rings is 1. The molecule has 0 spiro atoms. The van der Waals surface area contributed by atoms with Gasteiger partial charge in [0.25, 0.3) is 0 Å². The van der Waals surface area contributed by atoms with Gasteiger partial charge in [-0.05, 0) is 36.6 Å². The maximum absolute atomic E-state index is 12.0. The summed E-state index contributed by atoms with van der Waals surface area (Å²) in [6, 6.07) is 13.7. The molecule has 3 rings (SSSR count). The Hall–Kier alpha value is -1.91. The lowest BCUT2D eigenvalue weighted by atomic mass is 10.1. The van der Waals surface area contributed by atoms with Crippen LogP contribution in [0.15, 0.2) is 42.5 Å². The summed E-state index contributed by atoms with van der Waals surface area (Å²) >= 11 is 7.50. The van der Waals surface area contributed by atoms with Crippen molar-refractivity contribution in [3.63, 3.8) is 0 Å². The zero-order chi connectivity index (χ0) is 15.5. The summed E-state index contributed by atoms with van der Waals surface area (Å²) in [5.41, 5.74) is 3.07. The minimum Gasteiger partial charge on any atom is -0.302 e. The number of benzene rings is 2. The van der Waals surface area contributed by atoms with Gasteiger partial charge in [0.05, 0.1) is 10.2 Å². The molecule has 3 aromatic rings. The van der Waals surface area contributed by atoms with Crippen molar-refractivity contribution in [3.8, 4) is 0 Å². The number of carbonyl (C=O) groups is 1. The molecule has 1 aromatic heterocycles. The summed E-state index contributed by atoms with van der Waals surface area (Å²) in [6.45, 7) is 1.97. The van der Waals surface area contributed by atoms with Crippen LogP contribution in [-0.2, 0) is 11.2 Å². The first kappa shape index (κ1) is 15.0. The molecule has 0 aliphatic carbocycles. The van der Waals surface area contributed by atoms with Gasteiger partial charge in [0.15, 0.2) is 5.13 Å². The topological polar surface area (TPSA) is 42.0 Å². The van der Waals surface area contributed by atoms with Crippen molar-refractivity contribution in [3.05, 3.63) is 58.6 Å². The lowest BCUT2D eigenvalue weighted by Gasteiger charge is -2.01. The van der Waals surface area contributed by atoms with Gasteiger partial charge in [-0.15, -0.1) is 0 Å². The van der Waals surface area contributed by atoms with E-state index in [4.69, 9.17) is 11.6 Å². The molecule has 0 radical (unpaired) electrons. The Morgan fingerprint density at radius 3 is 2.82 bits per heavy atom. The zero-order valence-electron chi connectivity index (χ0n) is 12.1. The summed E-state index contributed by atoms with van der Waals surface area (Å²) in [5, 5.41) is 4.19. The SMILES string of the molecule is Cc1cc(Cl)cc2sc(NC(=O)CCc3ccccc3)nc12. The molecule has 0 atom stereocenters. The van der Waals surface area contributed by atoms with E-state index in [2.05, 4.69) is 10.3 Å². The maximum atomic E-state index is 12.0. The first-order chi connectivity index (χ1) is 10.6. The smallest absolute Gasteiger partial charge is 0.226 e. The van der Waals surface area contributed by atoms with Crippen molar-refractivity contribution in [1.29, 1.82) is 0 Å². The fourth-order valence-corrected chi connectivity index (χ4v) is 3.63. The van der Waals surface area contributed by atoms with Gasteiger partial charge < -0.3 is 5.32 Å². The number of aromatic nitrogens is 1. The number of hydrogen-bond donors (Lipinski definition) is 1. The number of anilines is 1. The highest BCUT2D eigenvalue weighted by Gasteiger charge is 2.10. The summed E-state index contributed by atoms with van der Waals surface area (Å²) in [7, 11) is 0. The molecule has 0 saturated heterocycles. The van der Waals surface area contributed by atoms with E-state index in [0.29, 0.717) is 16.6 Å². The van der Waals surface area contributed by atoms with Gasteiger partial charge in [-0.1, -0.05) is 53.3 Å². The second-order valence-corrected chi connectivity index (χ2v) is 6.59. The van der Waals surface area contributed by atoms with Gasteiger partial charge in [-0.3, -0.25) is 4.79 Å². The van der Waals surface area contributed by atoms with Gasteiger partial charge in [0.2, 0.25) is 5.91 Å². The van der Waals surface area contributed by atoms with E-state index in [1.165, 1.54) is 11.3 Å². The van der Waals surface area contributed by atoms with Gasteiger partial charge >= 0.3 is 0 Å². The Kier molecular flexibility index (Phi) is 4.41. The van der Waals surface area contributed by atoms with E-state index >= 15 is 0 Å². The minimum atomic E-state index is -0.0216. The van der Waals surface area contributed by atoms with Crippen molar-refractivity contribution < 1.29 is 4.79 Å². The van der Waals surface area contributed by atoms with E-state index in [0.717, 1.165) is 27.8 Å². The molecule has 2 aromatic carbocycles. The Balaban J connectivity index is 1.68. The maximum Gasteiger partial charge on any atom is 0.226 e. The molecule has 1 N–H and O–H groups in total.